The highest BCUT2D eigenvalue weighted by Gasteiger charge is 2.13. The summed E-state index contributed by atoms with van der Waals surface area (Å²) in [6.45, 7) is 6.09. The molecule has 1 aromatic heterocycles. The first kappa shape index (κ1) is 14.5. The third-order valence-corrected chi connectivity index (χ3v) is 3.67. The normalized spacial score (nSPS) is 12.2. The van der Waals surface area contributed by atoms with Gasteiger partial charge in [-0.1, -0.05) is 44.2 Å². The summed E-state index contributed by atoms with van der Waals surface area (Å²) in [5.74, 6) is 1.01. The van der Waals surface area contributed by atoms with E-state index in [1.54, 1.807) is 0 Å². The van der Waals surface area contributed by atoms with Crippen LogP contribution in [0.1, 0.15) is 20.8 Å². The van der Waals surface area contributed by atoms with Gasteiger partial charge in [0.15, 0.2) is 5.82 Å². The number of aromatic nitrogens is 2. The summed E-state index contributed by atoms with van der Waals surface area (Å²) >= 11 is 1.18. The Morgan fingerprint density at radius 2 is 1.90 bits per heavy atom. The van der Waals surface area contributed by atoms with Crippen molar-refractivity contribution in [3.8, 4) is 11.4 Å². The molecule has 2 amide bonds. The average molecular weight is 290 g/mol. The number of benzene rings is 1. The fraction of sp³-hybridized carbons (Fsp3) is 0.357. The van der Waals surface area contributed by atoms with Crippen LogP contribution < -0.4 is 10.6 Å². The maximum Gasteiger partial charge on any atom is 0.321 e. The molecule has 5 nitrogen and oxygen atoms in total. The van der Waals surface area contributed by atoms with Gasteiger partial charge in [-0.25, -0.2) is 4.79 Å². The van der Waals surface area contributed by atoms with E-state index in [0.717, 1.165) is 5.56 Å². The van der Waals surface area contributed by atoms with Crippen LogP contribution >= 0.6 is 11.5 Å². The zero-order chi connectivity index (χ0) is 14.5. The van der Waals surface area contributed by atoms with E-state index in [1.165, 1.54) is 11.5 Å². The molecule has 0 fully saturated rings. The molecule has 0 spiro atoms. The molecule has 0 aliphatic rings. The van der Waals surface area contributed by atoms with Crippen LogP contribution in [-0.2, 0) is 0 Å². The van der Waals surface area contributed by atoms with Gasteiger partial charge < -0.3 is 5.32 Å². The molecule has 1 atom stereocenters. The molecule has 6 heteroatoms. The Hall–Kier alpha value is -1.95. The highest BCUT2D eigenvalue weighted by Crippen LogP contribution is 2.20. The molecular formula is C14H18N4OS. The van der Waals surface area contributed by atoms with Crippen molar-refractivity contribution in [2.24, 2.45) is 5.92 Å². The number of nitrogens with zero attached hydrogens (tertiary/aromatic N) is 2. The first-order valence-electron chi connectivity index (χ1n) is 6.53. The maximum absolute atomic E-state index is 11.8. The predicted octanol–water partition coefficient (Wildman–Crippen LogP) is 3.37. The Bertz CT molecular complexity index is 568. The molecule has 0 unspecified atom stereocenters. The third kappa shape index (κ3) is 3.77. The molecular weight excluding hydrogens is 272 g/mol. The van der Waals surface area contributed by atoms with Crippen molar-refractivity contribution in [2.75, 3.05) is 5.32 Å². The summed E-state index contributed by atoms with van der Waals surface area (Å²) in [4.78, 5) is 16.1. The fourth-order valence-corrected chi connectivity index (χ4v) is 2.07. The molecule has 0 saturated carbocycles. The minimum Gasteiger partial charge on any atom is -0.335 e. The second-order valence-corrected chi connectivity index (χ2v) is 5.67. The molecule has 1 heterocycles. The summed E-state index contributed by atoms with van der Waals surface area (Å²) in [5, 5.41) is 6.08. The van der Waals surface area contributed by atoms with E-state index in [9.17, 15) is 4.79 Å². The van der Waals surface area contributed by atoms with Crippen LogP contribution in [0, 0.1) is 5.92 Å². The van der Waals surface area contributed by atoms with Crippen LogP contribution in [0.2, 0.25) is 0 Å². The second kappa shape index (κ2) is 6.47. The van der Waals surface area contributed by atoms with Crippen molar-refractivity contribution in [1.29, 1.82) is 0 Å². The van der Waals surface area contributed by atoms with E-state index in [4.69, 9.17) is 0 Å². The summed E-state index contributed by atoms with van der Waals surface area (Å²) in [6, 6.07) is 9.54. The van der Waals surface area contributed by atoms with Crippen LogP contribution in [0.5, 0.6) is 0 Å². The van der Waals surface area contributed by atoms with Gasteiger partial charge in [-0.2, -0.15) is 9.36 Å². The number of hydrogen-bond donors (Lipinski definition) is 2. The van der Waals surface area contributed by atoms with E-state index in [2.05, 4.69) is 33.8 Å². The number of anilines is 1. The summed E-state index contributed by atoms with van der Waals surface area (Å²) in [7, 11) is 0. The minimum absolute atomic E-state index is 0.108. The lowest BCUT2D eigenvalue weighted by Crippen LogP contribution is -2.38. The van der Waals surface area contributed by atoms with Gasteiger partial charge in [0.2, 0.25) is 5.13 Å². The Labute approximate surface area is 122 Å². The van der Waals surface area contributed by atoms with Gasteiger partial charge in [0, 0.05) is 23.1 Å². The van der Waals surface area contributed by atoms with Crippen LogP contribution in [0.25, 0.3) is 11.4 Å². The van der Waals surface area contributed by atoms with E-state index >= 15 is 0 Å². The highest BCUT2D eigenvalue weighted by molar-refractivity contribution is 7.10. The molecule has 0 bridgehead atoms. The number of nitrogens with one attached hydrogen (secondary N) is 2. The number of amides is 2. The van der Waals surface area contributed by atoms with Crippen LogP contribution in [0.3, 0.4) is 0 Å². The second-order valence-electron chi connectivity index (χ2n) is 4.92. The largest absolute Gasteiger partial charge is 0.335 e. The topological polar surface area (TPSA) is 66.9 Å². The van der Waals surface area contributed by atoms with E-state index < -0.39 is 0 Å². The van der Waals surface area contributed by atoms with Gasteiger partial charge in [0.05, 0.1) is 0 Å². The van der Waals surface area contributed by atoms with Crippen molar-refractivity contribution in [1.82, 2.24) is 14.7 Å². The molecule has 20 heavy (non-hydrogen) atoms. The zero-order valence-electron chi connectivity index (χ0n) is 11.8. The molecule has 0 aliphatic carbocycles. The quantitative estimate of drug-likeness (QED) is 0.907. The Morgan fingerprint density at radius 1 is 1.20 bits per heavy atom. The summed E-state index contributed by atoms with van der Waals surface area (Å²) in [6.07, 6.45) is 0. The number of rotatable bonds is 4. The molecule has 106 valence electrons. The van der Waals surface area contributed by atoms with Gasteiger partial charge in [0.25, 0.3) is 0 Å². The van der Waals surface area contributed by atoms with E-state index in [-0.39, 0.29) is 12.1 Å². The van der Waals surface area contributed by atoms with Crippen molar-refractivity contribution >= 4 is 22.7 Å². The van der Waals surface area contributed by atoms with E-state index in [0.29, 0.717) is 16.9 Å². The highest BCUT2D eigenvalue weighted by atomic mass is 32.1. The lowest BCUT2D eigenvalue weighted by atomic mass is 10.1. The standard InChI is InChI=1S/C14H18N4OS/c1-9(2)10(3)15-13(19)17-14-16-12(18-20-14)11-7-5-4-6-8-11/h4-10H,1-3H3,(H2,15,16,17,18,19)/t10-/m1/s1. The first-order chi connectivity index (χ1) is 9.56. The first-order valence-corrected chi connectivity index (χ1v) is 7.30. The average Bonchev–Trinajstić information content (AvgIpc) is 2.88. The number of hydrogen-bond acceptors (Lipinski definition) is 4. The Kier molecular flexibility index (Phi) is 4.68. The van der Waals surface area contributed by atoms with Gasteiger partial charge in [-0.3, -0.25) is 5.32 Å². The van der Waals surface area contributed by atoms with E-state index in [1.807, 2.05) is 37.3 Å². The SMILES string of the molecule is CC(C)[C@@H](C)NC(=O)Nc1nc(-c2ccccc2)ns1. The van der Waals surface area contributed by atoms with Crippen molar-refractivity contribution < 1.29 is 4.79 Å². The predicted molar refractivity (Wildman–Crippen MR) is 81.8 cm³/mol. The molecule has 0 aliphatic heterocycles. The molecule has 1 aromatic carbocycles. The van der Waals surface area contributed by atoms with Crippen molar-refractivity contribution in [3.63, 3.8) is 0 Å². The summed E-state index contributed by atoms with van der Waals surface area (Å²) < 4.78 is 4.24. The monoisotopic (exact) mass is 290 g/mol. The zero-order valence-corrected chi connectivity index (χ0v) is 12.6. The number of carbonyl (C=O) groups excluding carboxylic acids is 1. The van der Waals surface area contributed by atoms with Gasteiger partial charge in [-0.05, 0) is 12.8 Å². The minimum atomic E-state index is -0.248. The molecule has 2 aromatic rings. The molecule has 2 N–H and O–H groups in total. The maximum atomic E-state index is 11.8. The third-order valence-electron chi connectivity index (χ3n) is 3.04. The van der Waals surface area contributed by atoms with Crippen LogP contribution in [0.15, 0.2) is 30.3 Å². The fourth-order valence-electron chi connectivity index (χ4n) is 1.49. The van der Waals surface area contributed by atoms with Gasteiger partial charge in [-0.15, -0.1) is 0 Å². The van der Waals surface area contributed by atoms with Crippen LogP contribution in [-0.4, -0.2) is 21.4 Å². The van der Waals surface area contributed by atoms with Crippen LogP contribution in [0.4, 0.5) is 9.93 Å². The lowest BCUT2D eigenvalue weighted by Gasteiger charge is -2.16. The summed E-state index contributed by atoms with van der Waals surface area (Å²) in [5.41, 5.74) is 0.938. The molecule has 2 rings (SSSR count). The Balaban J connectivity index is 1.98. The molecule has 0 saturated heterocycles. The van der Waals surface area contributed by atoms with Gasteiger partial charge >= 0.3 is 6.03 Å². The van der Waals surface area contributed by atoms with Crippen molar-refractivity contribution in [3.05, 3.63) is 30.3 Å². The number of urea groups is 1. The lowest BCUT2D eigenvalue weighted by molar-refractivity contribution is 0.246. The van der Waals surface area contributed by atoms with Crippen molar-refractivity contribution in [2.45, 2.75) is 26.8 Å². The smallest absolute Gasteiger partial charge is 0.321 e. The Morgan fingerprint density at radius 3 is 2.55 bits per heavy atom. The number of carbonyl (C=O) groups is 1. The molecule has 0 radical (unpaired) electrons. The van der Waals surface area contributed by atoms with Gasteiger partial charge in [0.1, 0.15) is 0 Å².